The molecule has 1 atom stereocenters. The highest BCUT2D eigenvalue weighted by atomic mass is 35.5. The number of carbonyl (C=O) groups is 1. The Hall–Kier alpha value is -0.240. The predicted octanol–water partition coefficient (Wildman–Crippen LogP) is 1.67. The van der Waals surface area contributed by atoms with Gasteiger partial charge in [-0.15, -0.1) is 0 Å². The second-order valence-corrected chi connectivity index (χ2v) is 2.90. The zero-order valence-corrected chi connectivity index (χ0v) is 6.07. The summed E-state index contributed by atoms with van der Waals surface area (Å²) in [6.07, 6.45) is 1.82. The summed E-state index contributed by atoms with van der Waals surface area (Å²) in [6, 6.07) is 0. The van der Waals surface area contributed by atoms with Crippen LogP contribution in [-0.4, -0.2) is 11.0 Å². The Balaban J connectivity index is 2.54. The lowest BCUT2D eigenvalue weighted by Crippen LogP contribution is -2.18. The minimum Gasteiger partial charge on any atom is -0.443 e. The lowest BCUT2D eigenvalue weighted by Gasteiger charge is -2.15. The van der Waals surface area contributed by atoms with Crippen molar-refractivity contribution in [1.29, 1.82) is 0 Å². The highest BCUT2D eigenvalue weighted by Gasteiger charge is 2.36. The molecule has 1 saturated heterocycles. The Morgan fingerprint density at radius 2 is 2.56 bits per heavy atom. The molecule has 52 valence electrons. The summed E-state index contributed by atoms with van der Waals surface area (Å²) in [4.78, 5) is 10.5. The molecule has 9 heavy (non-hydrogen) atoms. The van der Waals surface area contributed by atoms with Crippen LogP contribution in [0.25, 0.3) is 0 Å². The van der Waals surface area contributed by atoms with E-state index in [1.807, 2.05) is 6.92 Å². The van der Waals surface area contributed by atoms with E-state index in [0.29, 0.717) is 19.3 Å². The molecule has 1 rings (SSSR count). The van der Waals surface area contributed by atoms with Crippen LogP contribution in [0.5, 0.6) is 0 Å². The maximum atomic E-state index is 10.5. The number of hydrogen-bond acceptors (Lipinski definition) is 2. The molecule has 2 nitrogen and oxygen atoms in total. The number of hydrogen-bond donors (Lipinski definition) is 0. The van der Waals surface area contributed by atoms with Gasteiger partial charge in [0.05, 0.1) is 6.42 Å². The van der Waals surface area contributed by atoms with Crippen molar-refractivity contribution in [1.82, 2.24) is 0 Å². The quantitative estimate of drug-likeness (QED) is 0.418. The van der Waals surface area contributed by atoms with Crippen molar-refractivity contribution < 1.29 is 9.53 Å². The molecule has 0 aromatic rings. The smallest absolute Gasteiger partial charge is 0.307 e. The van der Waals surface area contributed by atoms with Crippen LogP contribution in [-0.2, 0) is 9.53 Å². The molecule has 0 aromatic carbocycles. The first kappa shape index (κ1) is 6.87. The lowest BCUT2D eigenvalue weighted by molar-refractivity contribution is -0.143. The molecule has 3 heteroatoms. The maximum absolute atomic E-state index is 10.5. The Morgan fingerprint density at radius 3 is 2.78 bits per heavy atom. The highest BCUT2D eigenvalue weighted by molar-refractivity contribution is 6.24. The summed E-state index contributed by atoms with van der Waals surface area (Å²) in [5, 5.41) is -0.670. The number of ether oxygens (including phenoxy) is 1. The first-order chi connectivity index (χ1) is 4.16. The first-order valence-electron chi connectivity index (χ1n) is 3.07. The van der Waals surface area contributed by atoms with Crippen LogP contribution in [0.1, 0.15) is 26.2 Å². The number of esters is 1. The molecule has 0 radical (unpaired) electrons. The van der Waals surface area contributed by atoms with Gasteiger partial charge in [0.15, 0.2) is 5.06 Å². The summed E-state index contributed by atoms with van der Waals surface area (Å²) < 4.78 is 4.82. The SMILES string of the molecule is CCC1(Cl)CCC(=O)O1. The van der Waals surface area contributed by atoms with Gasteiger partial charge in [0.1, 0.15) is 0 Å². The largest absolute Gasteiger partial charge is 0.443 e. The van der Waals surface area contributed by atoms with E-state index in [2.05, 4.69) is 0 Å². The fraction of sp³-hybridized carbons (Fsp3) is 0.833. The molecule has 1 heterocycles. The van der Waals surface area contributed by atoms with Crippen molar-refractivity contribution in [2.75, 3.05) is 0 Å². The molecule has 0 aromatic heterocycles. The second-order valence-electron chi connectivity index (χ2n) is 2.21. The Bertz CT molecular complexity index is 135. The molecule has 1 unspecified atom stereocenters. The van der Waals surface area contributed by atoms with Gasteiger partial charge < -0.3 is 4.74 Å². The monoisotopic (exact) mass is 148 g/mol. The molecule has 1 fully saturated rings. The average Bonchev–Trinajstić information content (AvgIpc) is 2.13. The van der Waals surface area contributed by atoms with Gasteiger partial charge >= 0.3 is 5.97 Å². The fourth-order valence-corrected chi connectivity index (χ4v) is 1.02. The van der Waals surface area contributed by atoms with E-state index >= 15 is 0 Å². The molecule has 0 saturated carbocycles. The zero-order chi connectivity index (χ0) is 6.91. The molecular weight excluding hydrogens is 140 g/mol. The van der Waals surface area contributed by atoms with E-state index in [-0.39, 0.29) is 5.97 Å². The van der Waals surface area contributed by atoms with Crippen LogP contribution in [0.3, 0.4) is 0 Å². The van der Waals surface area contributed by atoms with Crippen LogP contribution >= 0.6 is 11.6 Å². The van der Waals surface area contributed by atoms with Crippen LogP contribution < -0.4 is 0 Å². The van der Waals surface area contributed by atoms with Crippen molar-refractivity contribution in [3.63, 3.8) is 0 Å². The first-order valence-corrected chi connectivity index (χ1v) is 3.45. The second kappa shape index (κ2) is 2.18. The van der Waals surface area contributed by atoms with E-state index in [1.165, 1.54) is 0 Å². The van der Waals surface area contributed by atoms with Gasteiger partial charge in [0.2, 0.25) is 0 Å². The fourth-order valence-electron chi connectivity index (χ4n) is 0.844. The lowest BCUT2D eigenvalue weighted by atomic mass is 10.2. The van der Waals surface area contributed by atoms with E-state index in [0.717, 1.165) is 0 Å². The highest BCUT2D eigenvalue weighted by Crippen LogP contribution is 2.33. The van der Waals surface area contributed by atoms with Crippen LogP contribution in [0.4, 0.5) is 0 Å². The van der Waals surface area contributed by atoms with E-state index in [4.69, 9.17) is 16.3 Å². The normalized spacial score (nSPS) is 34.7. The standard InChI is InChI=1S/C6H9ClO2/c1-2-6(7)4-3-5(8)9-6/h2-4H2,1H3. The molecular formula is C6H9ClO2. The average molecular weight is 149 g/mol. The molecule has 0 bridgehead atoms. The summed E-state index contributed by atoms with van der Waals surface area (Å²) in [6.45, 7) is 1.91. The number of carbonyl (C=O) groups excluding carboxylic acids is 1. The van der Waals surface area contributed by atoms with Gasteiger partial charge in [-0.25, -0.2) is 0 Å². The Morgan fingerprint density at radius 1 is 1.89 bits per heavy atom. The van der Waals surface area contributed by atoms with Gasteiger partial charge in [-0.1, -0.05) is 18.5 Å². The topological polar surface area (TPSA) is 26.3 Å². The third kappa shape index (κ3) is 1.36. The summed E-state index contributed by atoms with van der Waals surface area (Å²) >= 11 is 5.81. The van der Waals surface area contributed by atoms with E-state index < -0.39 is 5.06 Å². The summed E-state index contributed by atoms with van der Waals surface area (Å²) in [5.41, 5.74) is 0. The van der Waals surface area contributed by atoms with Gasteiger partial charge in [0, 0.05) is 6.42 Å². The van der Waals surface area contributed by atoms with Gasteiger partial charge in [-0.05, 0) is 6.42 Å². The number of cyclic esters (lactones) is 1. The number of rotatable bonds is 1. The van der Waals surface area contributed by atoms with Crippen LogP contribution in [0.2, 0.25) is 0 Å². The molecule has 1 aliphatic heterocycles. The van der Waals surface area contributed by atoms with Crippen molar-refractivity contribution in [3.8, 4) is 0 Å². The van der Waals surface area contributed by atoms with E-state index in [1.54, 1.807) is 0 Å². The third-order valence-corrected chi connectivity index (χ3v) is 2.06. The van der Waals surface area contributed by atoms with Gasteiger partial charge in [-0.3, -0.25) is 4.79 Å². The molecule has 1 aliphatic rings. The van der Waals surface area contributed by atoms with Crippen molar-refractivity contribution in [3.05, 3.63) is 0 Å². The zero-order valence-electron chi connectivity index (χ0n) is 5.32. The molecule has 0 aliphatic carbocycles. The maximum Gasteiger partial charge on any atom is 0.307 e. The number of alkyl halides is 1. The summed E-state index contributed by atoms with van der Waals surface area (Å²) in [7, 11) is 0. The van der Waals surface area contributed by atoms with E-state index in [9.17, 15) is 4.79 Å². The molecule has 0 N–H and O–H groups in total. The molecule has 0 spiro atoms. The number of halogens is 1. The van der Waals surface area contributed by atoms with Crippen LogP contribution in [0.15, 0.2) is 0 Å². The van der Waals surface area contributed by atoms with Crippen molar-refractivity contribution >= 4 is 17.6 Å². The van der Waals surface area contributed by atoms with Crippen molar-refractivity contribution in [2.24, 2.45) is 0 Å². The minimum atomic E-state index is -0.670. The van der Waals surface area contributed by atoms with Crippen molar-refractivity contribution in [2.45, 2.75) is 31.2 Å². The minimum absolute atomic E-state index is 0.174. The van der Waals surface area contributed by atoms with Gasteiger partial charge in [-0.2, -0.15) is 0 Å². The summed E-state index contributed by atoms with van der Waals surface area (Å²) in [5.74, 6) is -0.174. The van der Waals surface area contributed by atoms with Crippen LogP contribution in [0, 0.1) is 0 Å². The Kier molecular flexibility index (Phi) is 1.66. The Labute approximate surface area is 59.1 Å². The molecule has 0 amide bonds. The third-order valence-electron chi connectivity index (χ3n) is 1.53. The predicted molar refractivity (Wildman–Crippen MR) is 34.2 cm³/mol. The van der Waals surface area contributed by atoms with Gasteiger partial charge in [0.25, 0.3) is 0 Å².